The maximum atomic E-state index is 12.1. The van der Waals surface area contributed by atoms with Gasteiger partial charge in [0.1, 0.15) is 0 Å². The number of nitrogens with one attached hydrogen (secondary N) is 1. The molecule has 0 aliphatic carbocycles. The molecule has 0 heterocycles. The van der Waals surface area contributed by atoms with Crippen LogP contribution in [0.15, 0.2) is 48.5 Å². The van der Waals surface area contributed by atoms with Crippen molar-refractivity contribution in [2.24, 2.45) is 5.92 Å². The monoisotopic (exact) mass is 326 g/mol. The number of benzene rings is 2. The summed E-state index contributed by atoms with van der Waals surface area (Å²) in [5.41, 5.74) is 8.01. The summed E-state index contributed by atoms with van der Waals surface area (Å²) in [6, 6.07) is 13.6. The standard InChI is InChI=1S/C17H18N2O2.C3H8/c1-11(2)16(20)12-6-8-13(9-7-12)17(21)19-15-5-3-4-14(18)10-15;1-3-2/h3-11H,18H2,1-2H3,(H,19,21);3H2,1-2H3. The average molecular weight is 326 g/mol. The molecule has 1 amide bonds. The number of nitrogen functional groups attached to an aromatic ring is 1. The van der Waals surface area contributed by atoms with E-state index in [9.17, 15) is 9.59 Å². The average Bonchev–Trinajstić information content (AvgIpc) is 2.55. The Bertz CT molecular complexity index is 676. The number of ketones is 1. The number of rotatable bonds is 4. The van der Waals surface area contributed by atoms with Gasteiger partial charge in [-0.05, 0) is 30.3 Å². The molecule has 128 valence electrons. The van der Waals surface area contributed by atoms with Crippen molar-refractivity contribution >= 4 is 23.1 Å². The molecule has 3 N–H and O–H groups in total. The summed E-state index contributed by atoms with van der Waals surface area (Å²) in [7, 11) is 0. The van der Waals surface area contributed by atoms with Gasteiger partial charge in [-0.3, -0.25) is 9.59 Å². The second kappa shape index (κ2) is 9.50. The third-order valence-electron chi connectivity index (χ3n) is 3.10. The zero-order chi connectivity index (χ0) is 18.1. The number of anilines is 2. The van der Waals surface area contributed by atoms with Gasteiger partial charge in [-0.15, -0.1) is 0 Å². The fraction of sp³-hybridized carbons (Fsp3) is 0.300. The molecular weight excluding hydrogens is 300 g/mol. The van der Waals surface area contributed by atoms with Crippen molar-refractivity contribution in [2.75, 3.05) is 11.1 Å². The van der Waals surface area contributed by atoms with E-state index >= 15 is 0 Å². The third-order valence-corrected chi connectivity index (χ3v) is 3.10. The quantitative estimate of drug-likeness (QED) is 0.627. The van der Waals surface area contributed by atoms with Gasteiger partial charge in [-0.2, -0.15) is 0 Å². The Morgan fingerprint density at radius 3 is 2.04 bits per heavy atom. The third kappa shape index (κ3) is 5.88. The largest absolute Gasteiger partial charge is 0.399 e. The fourth-order valence-corrected chi connectivity index (χ4v) is 1.94. The van der Waals surface area contributed by atoms with Gasteiger partial charge in [-0.25, -0.2) is 0 Å². The van der Waals surface area contributed by atoms with Crippen molar-refractivity contribution in [1.82, 2.24) is 0 Å². The smallest absolute Gasteiger partial charge is 0.255 e. The summed E-state index contributed by atoms with van der Waals surface area (Å²) < 4.78 is 0. The van der Waals surface area contributed by atoms with Gasteiger partial charge in [-0.1, -0.05) is 52.3 Å². The predicted molar refractivity (Wildman–Crippen MR) is 100 cm³/mol. The maximum absolute atomic E-state index is 12.1. The van der Waals surface area contributed by atoms with Crippen LogP contribution in [-0.4, -0.2) is 11.7 Å². The minimum Gasteiger partial charge on any atom is -0.399 e. The minimum absolute atomic E-state index is 0.0584. The van der Waals surface area contributed by atoms with Crippen molar-refractivity contribution in [1.29, 1.82) is 0 Å². The Kier molecular flexibility index (Phi) is 7.69. The normalized spacial score (nSPS) is 9.88. The first-order chi connectivity index (χ1) is 11.4. The van der Waals surface area contributed by atoms with Crippen LogP contribution in [0.5, 0.6) is 0 Å². The summed E-state index contributed by atoms with van der Waals surface area (Å²) in [5.74, 6) is -0.223. The van der Waals surface area contributed by atoms with E-state index in [1.54, 1.807) is 48.5 Å². The van der Waals surface area contributed by atoms with Crippen molar-refractivity contribution in [3.8, 4) is 0 Å². The van der Waals surface area contributed by atoms with Gasteiger partial charge in [0.05, 0.1) is 0 Å². The van der Waals surface area contributed by atoms with Crippen LogP contribution in [0.1, 0.15) is 54.8 Å². The van der Waals surface area contributed by atoms with E-state index in [1.807, 2.05) is 13.8 Å². The number of hydrogen-bond donors (Lipinski definition) is 2. The first-order valence-electron chi connectivity index (χ1n) is 8.20. The van der Waals surface area contributed by atoms with E-state index in [0.29, 0.717) is 22.5 Å². The summed E-state index contributed by atoms with van der Waals surface area (Å²) in [4.78, 5) is 23.9. The molecule has 0 aliphatic rings. The molecule has 4 heteroatoms. The summed E-state index contributed by atoms with van der Waals surface area (Å²) in [6.45, 7) is 7.95. The van der Waals surface area contributed by atoms with Crippen LogP contribution >= 0.6 is 0 Å². The number of carbonyl (C=O) groups is 2. The molecule has 0 fully saturated rings. The molecule has 2 rings (SSSR count). The summed E-state index contributed by atoms with van der Waals surface area (Å²) in [6.07, 6.45) is 1.25. The van der Waals surface area contributed by atoms with Crippen molar-refractivity contribution in [2.45, 2.75) is 34.1 Å². The molecule has 0 aromatic heterocycles. The van der Waals surface area contributed by atoms with E-state index in [1.165, 1.54) is 6.42 Å². The van der Waals surface area contributed by atoms with E-state index in [-0.39, 0.29) is 17.6 Å². The summed E-state index contributed by atoms with van der Waals surface area (Å²) in [5, 5.41) is 2.77. The van der Waals surface area contributed by atoms with Crippen LogP contribution in [0.25, 0.3) is 0 Å². The van der Waals surface area contributed by atoms with Gasteiger partial charge in [0.15, 0.2) is 5.78 Å². The van der Waals surface area contributed by atoms with Gasteiger partial charge < -0.3 is 11.1 Å². The molecule has 0 saturated heterocycles. The zero-order valence-corrected chi connectivity index (χ0v) is 14.8. The highest BCUT2D eigenvalue weighted by Gasteiger charge is 2.12. The summed E-state index contributed by atoms with van der Waals surface area (Å²) >= 11 is 0. The SMILES string of the molecule is CC(C)C(=O)c1ccc(C(=O)Nc2cccc(N)c2)cc1.CCC. The van der Waals surface area contributed by atoms with Gasteiger partial charge in [0.2, 0.25) is 0 Å². The minimum atomic E-state index is -0.232. The Morgan fingerprint density at radius 2 is 1.54 bits per heavy atom. The van der Waals surface area contributed by atoms with E-state index in [0.717, 1.165) is 0 Å². The highest BCUT2D eigenvalue weighted by Crippen LogP contribution is 2.14. The number of amides is 1. The van der Waals surface area contributed by atoms with E-state index in [2.05, 4.69) is 19.2 Å². The molecule has 0 saturated carbocycles. The van der Waals surface area contributed by atoms with Crippen LogP contribution in [0.3, 0.4) is 0 Å². The van der Waals surface area contributed by atoms with Crippen LogP contribution in [0, 0.1) is 5.92 Å². The molecular formula is C20H26N2O2. The van der Waals surface area contributed by atoms with Crippen molar-refractivity contribution < 1.29 is 9.59 Å². The highest BCUT2D eigenvalue weighted by atomic mass is 16.1. The topological polar surface area (TPSA) is 72.2 Å². The fourth-order valence-electron chi connectivity index (χ4n) is 1.94. The van der Waals surface area contributed by atoms with Crippen LogP contribution < -0.4 is 11.1 Å². The van der Waals surface area contributed by atoms with E-state index < -0.39 is 0 Å². The molecule has 24 heavy (non-hydrogen) atoms. The predicted octanol–water partition coefficient (Wildman–Crippen LogP) is 4.78. The second-order valence-electron chi connectivity index (χ2n) is 5.88. The first-order valence-corrected chi connectivity index (χ1v) is 8.20. The highest BCUT2D eigenvalue weighted by molar-refractivity contribution is 6.05. The number of Topliss-reactive ketones (excluding diaryl/α,β-unsaturated/α-hetero) is 1. The second-order valence-corrected chi connectivity index (χ2v) is 5.88. The lowest BCUT2D eigenvalue weighted by atomic mass is 10.00. The lowest BCUT2D eigenvalue weighted by molar-refractivity contribution is 0.0938. The molecule has 2 aromatic rings. The maximum Gasteiger partial charge on any atom is 0.255 e. The molecule has 0 spiro atoms. The Balaban J connectivity index is 0.000000891. The molecule has 4 nitrogen and oxygen atoms in total. The van der Waals surface area contributed by atoms with Gasteiger partial charge >= 0.3 is 0 Å². The van der Waals surface area contributed by atoms with Gasteiger partial charge in [0.25, 0.3) is 5.91 Å². The number of carbonyl (C=O) groups excluding carboxylic acids is 2. The lowest BCUT2D eigenvalue weighted by Gasteiger charge is -2.07. The molecule has 0 aliphatic heterocycles. The van der Waals surface area contributed by atoms with Gasteiger partial charge in [0, 0.05) is 28.4 Å². The molecule has 0 bridgehead atoms. The molecule has 0 unspecified atom stereocenters. The first kappa shape index (κ1) is 19.4. The molecule has 0 atom stereocenters. The van der Waals surface area contributed by atoms with E-state index in [4.69, 9.17) is 5.73 Å². The van der Waals surface area contributed by atoms with Crippen LogP contribution in [0.2, 0.25) is 0 Å². The van der Waals surface area contributed by atoms with Crippen LogP contribution in [-0.2, 0) is 0 Å². The Hall–Kier alpha value is -2.62. The Labute approximate surface area is 144 Å². The number of nitrogens with two attached hydrogens (primary N) is 1. The van der Waals surface area contributed by atoms with Crippen LogP contribution in [0.4, 0.5) is 11.4 Å². The lowest BCUT2D eigenvalue weighted by Crippen LogP contribution is -2.13. The molecule has 2 aromatic carbocycles. The van der Waals surface area contributed by atoms with Crippen molar-refractivity contribution in [3.63, 3.8) is 0 Å². The van der Waals surface area contributed by atoms with Crippen molar-refractivity contribution in [3.05, 3.63) is 59.7 Å². The molecule has 0 radical (unpaired) electrons. The zero-order valence-electron chi connectivity index (χ0n) is 14.8. The number of hydrogen-bond acceptors (Lipinski definition) is 3. The Morgan fingerprint density at radius 1 is 1.00 bits per heavy atom.